The Bertz CT molecular complexity index is 964. The maximum Gasteiger partial charge on any atom is 0.460 e. The van der Waals surface area contributed by atoms with Crippen molar-refractivity contribution in [2.75, 3.05) is 11.2 Å². The molecule has 2 rings (SSSR count). The SMILES string of the molecule is O=C(N[n+]1ccccc1)c1ccc(SCC(F)(F)C(F)(F)C(F)(F)C(F)(F)C(F)(F)F)cc1. The number of pyridine rings is 1. The molecule has 0 aliphatic heterocycles. The van der Waals surface area contributed by atoms with Crippen LogP contribution in [-0.2, 0) is 0 Å². The summed E-state index contributed by atoms with van der Waals surface area (Å²) in [6, 6.07) is 8.88. The molecule has 0 fully saturated rings. The summed E-state index contributed by atoms with van der Waals surface area (Å²) < 4.78 is 144. The van der Waals surface area contributed by atoms with Gasteiger partial charge in [0.05, 0.1) is 5.75 Å². The number of carbonyl (C=O) groups excluding carboxylic acids is 1. The maximum absolute atomic E-state index is 13.7. The molecule has 1 amide bonds. The fourth-order valence-electron chi connectivity index (χ4n) is 2.23. The van der Waals surface area contributed by atoms with Gasteiger partial charge in [0.1, 0.15) is 0 Å². The van der Waals surface area contributed by atoms with Gasteiger partial charge in [-0.3, -0.25) is 4.79 Å². The van der Waals surface area contributed by atoms with Crippen molar-refractivity contribution >= 4 is 17.7 Å². The number of hydrogen-bond donors (Lipinski definition) is 1. The highest BCUT2D eigenvalue weighted by atomic mass is 32.2. The largest absolute Gasteiger partial charge is 0.460 e. The van der Waals surface area contributed by atoms with E-state index in [4.69, 9.17) is 0 Å². The Morgan fingerprint density at radius 1 is 0.758 bits per heavy atom. The van der Waals surface area contributed by atoms with Crippen molar-refractivity contribution in [2.45, 2.75) is 34.8 Å². The second-order valence-corrected chi connectivity index (χ2v) is 7.51. The van der Waals surface area contributed by atoms with Crippen molar-refractivity contribution in [3.05, 3.63) is 60.4 Å². The number of nitrogens with one attached hydrogen (secondary N) is 1. The molecule has 3 nitrogen and oxygen atoms in total. The van der Waals surface area contributed by atoms with Gasteiger partial charge in [-0.2, -0.15) is 48.3 Å². The van der Waals surface area contributed by atoms with Crippen LogP contribution in [0.3, 0.4) is 0 Å². The van der Waals surface area contributed by atoms with Crippen LogP contribution in [0.1, 0.15) is 10.4 Å². The Morgan fingerprint density at radius 2 is 1.27 bits per heavy atom. The van der Waals surface area contributed by atoms with E-state index in [-0.39, 0.29) is 22.2 Å². The van der Waals surface area contributed by atoms with Gasteiger partial charge in [-0.15, -0.1) is 17.2 Å². The number of nitrogens with zero attached hydrogens (tertiary/aromatic N) is 1. The van der Waals surface area contributed by atoms with Gasteiger partial charge in [0.25, 0.3) is 0 Å². The summed E-state index contributed by atoms with van der Waals surface area (Å²) in [5.74, 6) is -30.8. The molecule has 1 aromatic carbocycles. The minimum absolute atomic E-state index is 0.0239. The van der Waals surface area contributed by atoms with E-state index in [0.29, 0.717) is 0 Å². The Morgan fingerprint density at radius 3 is 1.76 bits per heavy atom. The molecule has 1 N–H and O–H groups in total. The molecule has 15 heteroatoms. The first-order valence-corrected chi connectivity index (χ1v) is 9.51. The molecule has 182 valence electrons. The highest BCUT2D eigenvalue weighted by molar-refractivity contribution is 7.99. The molecule has 0 unspecified atom stereocenters. The zero-order valence-electron chi connectivity index (χ0n) is 15.8. The highest BCUT2D eigenvalue weighted by Crippen LogP contribution is 2.57. The molecule has 0 saturated heterocycles. The number of halogens is 11. The number of rotatable bonds is 8. The first-order chi connectivity index (χ1) is 14.9. The first-order valence-electron chi connectivity index (χ1n) is 8.52. The number of benzene rings is 1. The van der Waals surface area contributed by atoms with Gasteiger partial charge in [-0.25, -0.2) is 0 Å². The molecule has 1 heterocycles. The van der Waals surface area contributed by atoms with Crippen LogP contribution in [0.15, 0.2) is 59.8 Å². The monoisotopic (exact) mass is 513 g/mol. The average Bonchev–Trinajstić information content (AvgIpc) is 2.72. The van der Waals surface area contributed by atoms with E-state index in [1.165, 1.54) is 17.1 Å². The van der Waals surface area contributed by atoms with Gasteiger partial charge in [0.15, 0.2) is 12.4 Å². The van der Waals surface area contributed by atoms with E-state index in [1.54, 1.807) is 18.2 Å². The number of amides is 1. The fourth-order valence-corrected chi connectivity index (χ4v) is 3.08. The zero-order valence-corrected chi connectivity index (χ0v) is 16.6. The number of thioether (sulfide) groups is 1. The molecule has 1 aromatic heterocycles. The second kappa shape index (κ2) is 8.99. The summed E-state index contributed by atoms with van der Waals surface area (Å²) in [7, 11) is 0. The summed E-state index contributed by atoms with van der Waals surface area (Å²) >= 11 is -0.214. The lowest BCUT2D eigenvalue weighted by atomic mass is 9.99. The van der Waals surface area contributed by atoms with E-state index >= 15 is 0 Å². The van der Waals surface area contributed by atoms with Crippen LogP contribution in [0.25, 0.3) is 0 Å². The molecule has 0 aliphatic rings. The molecule has 0 bridgehead atoms. The van der Waals surface area contributed by atoms with Crippen molar-refractivity contribution in [1.29, 1.82) is 0 Å². The van der Waals surface area contributed by atoms with Crippen LogP contribution in [0.4, 0.5) is 48.3 Å². The minimum atomic E-state index is -7.43. The quantitative estimate of drug-likeness (QED) is 0.285. The van der Waals surface area contributed by atoms with E-state index in [1.807, 2.05) is 0 Å². The van der Waals surface area contributed by atoms with Crippen molar-refractivity contribution < 1.29 is 57.8 Å². The molecule has 0 atom stereocenters. The second-order valence-electron chi connectivity index (χ2n) is 6.46. The Kier molecular flexibility index (Phi) is 7.26. The minimum Gasteiger partial charge on any atom is -0.264 e. The predicted octanol–water partition coefficient (Wildman–Crippen LogP) is 5.55. The zero-order chi connectivity index (χ0) is 25.3. The van der Waals surface area contributed by atoms with E-state index < -0.39 is 41.5 Å². The number of hydrogen-bond acceptors (Lipinski definition) is 2. The summed E-state index contributed by atoms with van der Waals surface area (Å²) in [6.07, 6.45) is -4.25. The number of carbonyl (C=O) groups is 1. The molecule has 33 heavy (non-hydrogen) atoms. The van der Waals surface area contributed by atoms with Crippen LogP contribution in [0.5, 0.6) is 0 Å². The van der Waals surface area contributed by atoms with Gasteiger partial charge < -0.3 is 0 Å². The van der Waals surface area contributed by atoms with Gasteiger partial charge in [0, 0.05) is 22.6 Å². The maximum atomic E-state index is 13.7. The lowest BCUT2D eigenvalue weighted by Crippen LogP contribution is -2.66. The van der Waals surface area contributed by atoms with Gasteiger partial charge in [0.2, 0.25) is 0 Å². The third kappa shape index (κ3) is 5.17. The smallest absolute Gasteiger partial charge is 0.264 e. The van der Waals surface area contributed by atoms with E-state index in [2.05, 4.69) is 5.43 Å². The van der Waals surface area contributed by atoms with Crippen LogP contribution >= 0.6 is 11.8 Å². The van der Waals surface area contributed by atoms with Crippen molar-refractivity contribution in [1.82, 2.24) is 0 Å². The van der Waals surface area contributed by atoms with Crippen LogP contribution in [0, 0.1) is 0 Å². The van der Waals surface area contributed by atoms with Crippen LogP contribution in [-0.4, -0.2) is 41.5 Å². The lowest BCUT2D eigenvalue weighted by molar-refractivity contribution is -0.641. The average molecular weight is 513 g/mol. The van der Waals surface area contributed by atoms with Gasteiger partial charge >= 0.3 is 35.8 Å². The number of aromatic nitrogens is 1. The highest BCUT2D eigenvalue weighted by Gasteiger charge is 2.86. The molecule has 0 saturated carbocycles. The molecule has 0 radical (unpaired) electrons. The predicted molar refractivity (Wildman–Crippen MR) is 93.3 cm³/mol. The number of alkyl halides is 11. The summed E-state index contributed by atoms with van der Waals surface area (Å²) in [4.78, 5) is 11.8. The molecular weight excluding hydrogens is 501 g/mol. The van der Waals surface area contributed by atoms with Crippen molar-refractivity contribution in [2.24, 2.45) is 0 Å². The first kappa shape index (κ1) is 26.7. The molecule has 2 aromatic rings. The summed E-state index contributed by atoms with van der Waals surface area (Å²) in [5, 5.41) is 0. The van der Waals surface area contributed by atoms with Crippen molar-refractivity contribution in [3.63, 3.8) is 0 Å². The van der Waals surface area contributed by atoms with Crippen LogP contribution < -0.4 is 10.1 Å². The standard InChI is InChI=1S/C18H11F11N2OS/c19-14(20,15(21,22)16(23,24)17(25,26)18(27,28)29)10-33-12-6-4-11(5-7-12)13(32)30-31-8-2-1-3-9-31/h1-9H,10H2/p+1. The normalized spacial score (nSPS) is 13.7. The van der Waals surface area contributed by atoms with E-state index in [9.17, 15) is 53.1 Å². The van der Waals surface area contributed by atoms with Crippen LogP contribution in [0.2, 0.25) is 0 Å². The summed E-state index contributed by atoms with van der Waals surface area (Å²) in [5.41, 5.74) is 2.38. The Balaban J connectivity index is 2.12. The van der Waals surface area contributed by atoms with E-state index in [0.717, 1.165) is 24.3 Å². The van der Waals surface area contributed by atoms with Gasteiger partial charge in [-0.1, -0.05) is 10.7 Å². The third-order valence-corrected chi connectivity index (χ3v) is 5.20. The fraction of sp³-hybridized carbons (Fsp3) is 0.333. The lowest BCUT2D eigenvalue weighted by Gasteiger charge is -2.37. The van der Waals surface area contributed by atoms with Gasteiger partial charge in [-0.05, 0) is 24.3 Å². The Hall–Kier alpha value is -2.58. The Labute approximate surface area is 182 Å². The van der Waals surface area contributed by atoms with Crippen molar-refractivity contribution in [3.8, 4) is 0 Å². The molecule has 0 aliphatic carbocycles. The third-order valence-electron chi connectivity index (χ3n) is 4.09. The molecule has 0 spiro atoms. The topological polar surface area (TPSA) is 33.0 Å². The summed E-state index contributed by atoms with van der Waals surface area (Å²) in [6.45, 7) is 0. The molecular formula is C18H12F11N2OS+.